The summed E-state index contributed by atoms with van der Waals surface area (Å²) in [5.74, 6) is -2.97. The van der Waals surface area contributed by atoms with E-state index in [9.17, 15) is 43.1 Å². The quantitative estimate of drug-likeness (QED) is 0.600. The number of aliphatic hydroxyl groups is 2. The van der Waals surface area contributed by atoms with Crippen LogP contribution in [0.25, 0.3) is 0 Å². The average Bonchev–Trinajstić information content (AvgIpc) is 2.52. The zero-order valence-corrected chi connectivity index (χ0v) is 14.5. The third-order valence-corrected chi connectivity index (χ3v) is 5.16. The maximum absolute atomic E-state index is 12.7. The Kier molecular flexibility index (Phi) is 5.19. The number of carbonyl (C=O) groups is 2. The summed E-state index contributed by atoms with van der Waals surface area (Å²) in [7, 11) is 0. The van der Waals surface area contributed by atoms with Crippen molar-refractivity contribution < 1.29 is 37.9 Å². The van der Waals surface area contributed by atoms with Crippen molar-refractivity contribution in [1.82, 2.24) is 0 Å². The highest BCUT2D eigenvalue weighted by atomic mass is 19.4. The summed E-state index contributed by atoms with van der Waals surface area (Å²) in [6.07, 6.45) is -5.58. The van der Waals surface area contributed by atoms with Gasteiger partial charge in [-0.25, -0.2) is 0 Å². The first-order valence-electron chi connectivity index (χ1n) is 8.01. The maximum Gasteiger partial charge on any atom is 0.416 e. The van der Waals surface area contributed by atoms with Gasteiger partial charge in [0.25, 0.3) is 6.04 Å². The first kappa shape index (κ1) is 21.0. The van der Waals surface area contributed by atoms with Crippen molar-refractivity contribution in [2.45, 2.75) is 56.0 Å². The van der Waals surface area contributed by atoms with Crippen LogP contribution >= 0.6 is 0 Å². The molecule has 0 heterocycles. The smallest absolute Gasteiger partial charge is 0.376 e. The molecular formula is C17H18F3NO6. The Balaban J connectivity index is 2.53. The lowest BCUT2D eigenvalue weighted by Gasteiger charge is -2.45. The molecule has 0 spiro atoms. The number of carbonyl (C=O) groups excluding carboxylic acids is 2. The number of hydrogen-bond donors (Lipinski definition) is 2. The molecule has 1 aliphatic rings. The van der Waals surface area contributed by atoms with E-state index in [1.807, 2.05) is 0 Å². The highest BCUT2D eigenvalue weighted by Gasteiger charge is 2.67. The summed E-state index contributed by atoms with van der Waals surface area (Å²) >= 11 is 0. The van der Waals surface area contributed by atoms with E-state index in [1.165, 1.54) is 0 Å². The third-order valence-electron chi connectivity index (χ3n) is 5.16. The summed E-state index contributed by atoms with van der Waals surface area (Å²) in [4.78, 5) is 34.4. The topological polar surface area (TPSA) is 118 Å². The SMILES string of the molecule is CC(=O)[C@]1(O)C[C@H](c2ccc(C(F)(F)F)cc2)C[C@](O)(C(C)=O)[C@H]1[N+](=O)[O-]. The first-order chi connectivity index (χ1) is 12.2. The van der Waals surface area contributed by atoms with Crippen molar-refractivity contribution in [2.24, 2.45) is 0 Å². The van der Waals surface area contributed by atoms with Gasteiger partial charge < -0.3 is 10.2 Å². The Bertz CT molecular complexity index is 748. The fourth-order valence-corrected chi connectivity index (χ4v) is 3.64. The Labute approximate surface area is 152 Å². The number of halogens is 3. The normalized spacial score (nSPS) is 31.4. The predicted octanol–water partition coefficient (Wildman–Crippen LogP) is 1.87. The number of ketones is 2. The molecule has 1 aromatic carbocycles. The van der Waals surface area contributed by atoms with Crippen LogP contribution in [0.1, 0.15) is 43.7 Å². The van der Waals surface area contributed by atoms with Crippen LogP contribution in [0, 0.1) is 10.1 Å². The number of rotatable bonds is 4. The average molecular weight is 389 g/mol. The highest BCUT2D eigenvalue weighted by molar-refractivity contribution is 5.91. The van der Waals surface area contributed by atoms with Gasteiger partial charge in [0.1, 0.15) is 0 Å². The van der Waals surface area contributed by atoms with Gasteiger partial charge in [-0.1, -0.05) is 12.1 Å². The van der Waals surface area contributed by atoms with Gasteiger partial charge in [0, 0.05) is 4.92 Å². The van der Waals surface area contributed by atoms with Crippen molar-refractivity contribution in [1.29, 1.82) is 0 Å². The van der Waals surface area contributed by atoms with Gasteiger partial charge in [-0.2, -0.15) is 13.2 Å². The lowest BCUT2D eigenvalue weighted by Crippen LogP contribution is -2.69. The van der Waals surface area contributed by atoms with Gasteiger partial charge in [0.2, 0.25) is 0 Å². The second-order valence-electron chi connectivity index (χ2n) is 6.87. The molecule has 4 atom stereocenters. The van der Waals surface area contributed by atoms with Gasteiger partial charge in [-0.3, -0.25) is 19.7 Å². The van der Waals surface area contributed by atoms with Crippen molar-refractivity contribution in [2.75, 3.05) is 0 Å². The van der Waals surface area contributed by atoms with E-state index in [1.54, 1.807) is 0 Å². The van der Waals surface area contributed by atoms with Crippen LogP contribution in [0.15, 0.2) is 24.3 Å². The van der Waals surface area contributed by atoms with Crippen LogP contribution < -0.4 is 0 Å². The molecule has 1 aromatic rings. The summed E-state index contributed by atoms with van der Waals surface area (Å²) in [5, 5.41) is 32.8. The maximum atomic E-state index is 12.7. The van der Waals surface area contributed by atoms with Gasteiger partial charge in [-0.05, 0) is 50.3 Å². The van der Waals surface area contributed by atoms with Gasteiger partial charge in [0.15, 0.2) is 22.8 Å². The molecular weight excluding hydrogens is 371 g/mol. The monoisotopic (exact) mass is 389 g/mol. The van der Waals surface area contributed by atoms with Crippen molar-refractivity contribution >= 4 is 11.6 Å². The van der Waals surface area contributed by atoms with E-state index >= 15 is 0 Å². The molecule has 0 bridgehead atoms. The Morgan fingerprint density at radius 1 is 1.07 bits per heavy atom. The van der Waals surface area contributed by atoms with Crippen LogP contribution in [0.5, 0.6) is 0 Å². The van der Waals surface area contributed by atoms with Crippen LogP contribution in [-0.2, 0) is 15.8 Å². The molecule has 0 aliphatic heterocycles. The minimum absolute atomic E-state index is 0.212. The predicted molar refractivity (Wildman–Crippen MR) is 85.5 cm³/mol. The molecule has 0 saturated heterocycles. The Hall–Kier alpha value is -2.33. The molecule has 0 radical (unpaired) electrons. The van der Waals surface area contributed by atoms with Gasteiger partial charge in [0.05, 0.1) is 5.56 Å². The van der Waals surface area contributed by atoms with Crippen LogP contribution in [-0.4, -0.2) is 43.9 Å². The number of nitrogens with zero attached hydrogens (tertiary/aromatic N) is 1. The van der Waals surface area contributed by atoms with Crippen molar-refractivity contribution in [3.63, 3.8) is 0 Å². The first-order valence-corrected chi connectivity index (χ1v) is 8.01. The van der Waals surface area contributed by atoms with Crippen LogP contribution in [0.3, 0.4) is 0 Å². The lowest BCUT2D eigenvalue weighted by atomic mass is 9.62. The van der Waals surface area contributed by atoms with Crippen molar-refractivity contribution in [3.8, 4) is 0 Å². The summed E-state index contributed by atoms with van der Waals surface area (Å²) < 4.78 is 38.1. The fourth-order valence-electron chi connectivity index (χ4n) is 3.64. The molecule has 0 aromatic heterocycles. The molecule has 0 unspecified atom stereocenters. The van der Waals surface area contributed by atoms with E-state index in [0.717, 1.165) is 38.1 Å². The summed E-state index contributed by atoms with van der Waals surface area (Å²) in [6, 6.07) is 1.50. The lowest BCUT2D eigenvalue weighted by molar-refractivity contribution is -0.564. The van der Waals surface area contributed by atoms with Crippen molar-refractivity contribution in [3.05, 3.63) is 45.5 Å². The largest absolute Gasteiger partial charge is 0.416 e. The fraction of sp³-hybridized carbons (Fsp3) is 0.529. The number of benzene rings is 1. The molecule has 10 heteroatoms. The van der Waals surface area contributed by atoms with E-state index in [2.05, 4.69) is 0 Å². The number of alkyl halides is 3. The Morgan fingerprint density at radius 3 is 1.78 bits per heavy atom. The van der Waals surface area contributed by atoms with Gasteiger partial charge in [-0.15, -0.1) is 0 Å². The summed E-state index contributed by atoms with van der Waals surface area (Å²) in [6.45, 7) is 1.79. The van der Waals surface area contributed by atoms with Crippen LogP contribution in [0.2, 0.25) is 0 Å². The highest BCUT2D eigenvalue weighted by Crippen LogP contribution is 2.46. The molecule has 2 rings (SSSR count). The molecule has 1 aliphatic carbocycles. The van der Waals surface area contributed by atoms with Gasteiger partial charge >= 0.3 is 6.18 Å². The molecule has 1 fully saturated rings. The van der Waals surface area contributed by atoms with E-state index < -0.39 is 64.2 Å². The van der Waals surface area contributed by atoms with E-state index in [4.69, 9.17) is 0 Å². The minimum Gasteiger partial charge on any atom is -0.376 e. The number of nitro groups is 1. The molecule has 7 nitrogen and oxygen atoms in total. The molecule has 0 amide bonds. The Morgan fingerprint density at radius 2 is 1.48 bits per heavy atom. The second kappa shape index (κ2) is 6.68. The standard InChI is InChI=1S/C17H18F3NO6/c1-9(22)15(24)7-12(8-16(25,10(2)23)14(15)21(26)27)11-3-5-13(6-4-11)17(18,19)20/h3-6,12,14,24-25H,7-8H2,1-2H3/t12-,14-,15+,16-. The number of Topliss-reactive ketones (excluding diaryl/α,β-unsaturated/α-hetero) is 2. The van der Waals surface area contributed by atoms with E-state index in [0.29, 0.717) is 0 Å². The second-order valence-corrected chi connectivity index (χ2v) is 6.87. The minimum atomic E-state index is -4.57. The van der Waals surface area contributed by atoms with E-state index in [-0.39, 0.29) is 5.56 Å². The molecule has 148 valence electrons. The zero-order valence-electron chi connectivity index (χ0n) is 14.5. The molecule has 27 heavy (non-hydrogen) atoms. The summed E-state index contributed by atoms with van der Waals surface area (Å²) in [5.41, 5.74) is -6.00. The third kappa shape index (κ3) is 3.59. The number of hydrogen-bond acceptors (Lipinski definition) is 6. The molecule has 2 N–H and O–H groups in total. The zero-order chi connectivity index (χ0) is 20.8. The molecule has 1 saturated carbocycles. The van der Waals surface area contributed by atoms with Crippen LogP contribution in [0.4, 0.5) is 13.2 Å².